The molecule has 16 heavy (non-hydrogen) atoms. The van der Waals surface area contributed by atoms with Gasteiger partial charge in [-0.2, -0.15) is 0 Å². The molecule has 3 nitrogen and oxygen atoms in total. The molecule has 2 N–H and O–H groups in total. The summed E-state index contributed by atoms with van der Waals surface area (Å²) in [6, 6.07) is 5.78. The molecule has 1 saturated heterocycles. The summed E-state index contributed by atoms with van der Waals surface area (Å²) in [5, 5.41) is 13.1. The number of nitrogens with zero attached hydrogens (tertiary/aromatic N) is 1. The first kappa shape index (κ1) is 11.8. The molecule has 1 heterocycles. The number of piperazine rings is 1. The lowest BCUT2D eigenvalue weighted by molar-refractivity contribution is 0.231. The Balaban J connectivity index is 2.10. The molecule has 0 amide bonds. The van der Waals surface area contributed by atoms with Gasteiger partial charge in [-0.25, -0.2) is 0 Å². The van der Waals surface area contributed by atoms with Crippen LogP contribution in [0.1, 0.15) is 5.56 Å². The summed E-state index contributed by atoms with van der Waals surface area (Å²) in [7, 11) is 0. The minimum Gasteiger partial charge on any atom is -0.507 e. The summed E-state index contributed by atoms with van der Waals surface area (Å²) >= 11 is 1.62. The fourth-order valence-corrected chi connectivity index (χ4v) is 2.71. The van der Waals surface area contributed by atoms with Gasteiger partial charge in [0.15, 0.2) is 0 Å². The molecule has 1 aliphatic rings. The summed E-state index contributed by atoms with van der Waals surface area (Å²) in [5.41, 5.74) is 1.23. The van der Waals surface area contributed by atoms with Gasteiger partial charge >= 0.3 is 0 Å². The molecule has 0 bridgehead atoms. The van der Waals surface area contributed by atoms with Gasteiger partial charge in [0, 0.05) is 32.7 Å². The van der Waals surface area contributed by atoms with Crippen molar-refractivity contribution in [1.29, 1.82) is 0 Å². The Labute approximate surface area is 101 Å². The monoisotopic (exact) mass is 238 g/mol. The van der Waals surface area contributed by atoms with Crippen LogP contribution in [0.25, 0.3) is 0 Å². The second-order valence-electron chi connectivity index (χ2n) is 4.00. The molecule has 0 unspecified atom stereocenters. The molecule has 0 spiro atoms. The van der Waals surface area contributed by atoms with Crippen LogP contribution >= 0.6 is 11.8 Å². The van der Waals surface area contributed by atoms with Gasteiger partial charge in [-0.15, -0.1) is 11.8 Å². The second-order valence-corrected chi connectivity index (χ2v) is 4.81. The van der Waals surface area contributed by atoms with Crippen molar-refractivity contribution in [3.8, 4) is 5.75 Å². The first-order chi connectivity index (χ1) is 7.81. The molecular weight excluding hydrogens is 220 g/mol. The average molecular weight is 238 g/mol. The molecule has 88 valence electrons. The number of aromatic hydroxyl groups is 1. The van der Waals surface area contributed by atoms with E-state index in [9.17, 15) is 5.11 Å². The van der Waals surface area contributed by atoms with Crippen LogP contribution in [0.2, 0.25) is 0 Å². The number of rotatable bonds is 3. The lowest BCUT2D eigenvalue weighted by atomic mass is 10.2. The Morgan fingerprint density at radius 3 is 2.81 bits per heavy atom. The number of hydrogen-bond donors (Lipinski definition) is 2. The lowest BCUT2D eigenvalue weighted by Crippen LogP contribution is -2.42. The van der Waals surface area contributed by atoms with E-state index in [1.54, 1.807) is 17.8 Å². The molecule has 2 rings (SSSR count). The first-order valence-electron chi connectivity index (χ1n) is 5.59. The van der Waals surface area contributed by atoms with Crippen molar-refractivity contribution in [2.24, 2.45) is 0 Å². The number of hydrogen-bond acceptors (Lipinski definition) is 4. The maximum Gasteiger partial charge on any atom is 0.129 e. The van der Waals surface area contributed by atoms with Gasteiger partial charge in [-0.3, -0.25) is 4.90 Å². The summed E-state index contributed by atoms with van der Waals surface area (Å²) in [4.78, 5) is 3.44. The van der Waals surface area contributed by atoms with Crippen molar-refractivity contribution in [3.05, 3.63) is 23.8 Å². The smallest absolute Gasteiger partial charge is 0.129 e. The fourth-order valence-electron chi connectivity index (χ4n) is 2.04. The Morgan fingerprint density at radius 1 is 1.38 bits per heavy atom. The second kappa shape index (κ2) is 5.57. The number of thioether (sulfide) groups is 1. The molecule has 0 saturated carbocycles. The van der Waals surface area contributed by atoms with E-state index in [1.807, 2.05) is 12.3 Å². The molecule has 0 aromatic heterocycles. The SMILES string of the molecule is CSc1c(O)cccc1CN1CCNCC1. The summed E-state index contributed by atoms with van der Waals surface area (Å²) < 4.78 is 0. The van der Waals surface area contributed by atoms with Crippen LogP contribution in [0.5, 0.6) is 5.75 Å². The molecule has 1 aromatic carbocycles. The van der Waals surface area contributed by atoms with Crippen LogP contribution < -0.4 is 5.32 Å². The van der Waals surface area contributed by atoms with E-state index in [4.69, 9.17) is 0 Å². The van der Waals surface area contributed by atoms with E-state index in [2.05, 4.69) is 16.3 Å². The highest BCUT2D eigenvalue weighted by molar-refractivity contribution is 7.98. The topological polar surface area (TPSA) is 35.5 Å². The average Bonchev–Trinajstić information content (AvgIpc) is 2.31. The molecule has 1 aliphatic heterocycles. The van der Waals surface area contributed by atoms with Gasteiger partial charge in [0.2, 0.25) is 0 Å². The van der Waals surface area contributed by atoms with Gasteiger partial charge in [0.1, 0.15) is 5.75 Å². The number of phenols is 1. The minimum atomic E-state index is 0.403. The highest BCUT2D eigenvalue weighted by Gasteiger charge is 2.13. The Kier molecular flexibility index (Phi) is 4.09. The van der Waals surface area contributed by atoms with E-state index < -0.39 is 0 Å². The first-order valence-corrected chi connectivity index (χ1v) is 6.81. The van der Waals surface area contributed by atoms with E-state index in [0.717, 1.165) is 37.6 Å². The third-order valence-electron chi connectivity index (χ3n) is 2.88. The van der Waals surface area contributed by atoms with E-state index in [1.165, 1.54) is 5.56 Å². The normalized spacial score (nSPS) is 17.6. The molecular formula is C12H18N2OS. The van der Waals surface area contributed by atoms with Crippen LogP contribution in [-0.2, 0) is 6.54 Å². The van der Waals surface area contributed by atoms with Crippen molar-refractivity contribution in [2.75, 3.05) is 32.4 Å². The van der Waals surface area contributed by atoms with Crippen LogP contribution in [0.15, 0.2) is 23.1 Å². The van der Waals surface area contributed by atoms with Crippen molar-refractivity contribution < 1.29 is 5.11 Å². The van der Waals surface area contributed by atoms with Gasteiger partial charge in [-0.1, -0.05) is 12.1 Å². The maximum absolute atomic E-state index is 9.77. The predicted octanol–water partition coefficient (Wildman–Crippen LogP) is 1.52. The third-order valence-corrected chi connectivity index (χ3v) is 3.76. The minimum absolute atomic E-state index is 0.403. The van der Waals surface area contributed by atoms with Crippen molar-refractivity contribution in [1.82, 2.24) is 10.2 Å². The fraction of sp³-hybridized carbons (Fsp3) is 0.500. The number of nitrogens with one attached hydrogen (secondary N) is 1. The Bertz CT molecular complexity index is 351. The number of phenolic OH excluding ortho intramolecular Hbond substituents is 1. The van der Waals surface area contributed by atoms with Crippen molar-refractivity contribution in [2.45, 2.75) is 11.4 Å². The molecule has 0 aliphatic carbocycles. The highest BCUT2D eigenvalue weighted by atomic mass is 32.2. The standard InChI is InChI=1S/C12H18N2OS/c1-16-12-10(3-2-4-11(12)15)9-14-7-5-13-6-8-14/h2-4,13,15H,5-9H2,1H3. The van der Waals surface area contributed by atoms with Crippen LogP contribution in [0.4, 0.5) is 0 Å². The van der Waals surface area contributed by atoms with E-state index in [0.29, 0.717) is 5.75 Å². The van der Waals surface area contributed by atoms with E-state index in [-0.39, 0.29) is 0 Å². The highest BCUT2D eigenvalue weighted by Crippen LogP contribution is 2.30. The molecule has 4 heteroatoms. The van der Waals surface area contributed by atoms with Gasteiger partial charge in [0.05, 0.1) is 4.90 Å². The number of benzene rings is 1. The van der Waals surface area contributed by atoms with Crippen LogP contribution in [0.3, 0.4) is 0 Å². The van der Waals surface area contributed by atoms with Gasteiger partial charge in [0.25, 0.3) is 0 Å². The summed E-state index contributed by atoms with van der Waals surface area (Å²) in [5.74, 6) is 0.403. The quantitative estimate of drug-likeness (QED) is 0.783. The Morgan fingerprint density at radius 2 is 2.12 bits per heavy atom. The maximum atomic E-state index is 9.77. The zero-order valence-electron chi connectivity index (χ0n) is 9.57. The summed E-state index contributed by atoms with van der Waals surface area (Å²) in [6.45, 7) is 5.24. The van der Waals surface area contributed by atoms with Crippen LogP contribution in [0, 0.1) is 0 Å². The Hall–Kier alpha value is -0.710. The zero-order chi connectivity index (χ0) is 11.4. The summed E-state index contributed by atoms with van der Waals surface area (Å²) in [6.07, 6.45) is 2.01. The van der Waals surface area contributed by atoms with Gasteiger partial charge in [-0.05, 0) is 17.9 Å². The predicted molar refractivity (Wildman–Crippen MR) is 68.0 cm³/mol. The largest absolute Gasteiger partial charge is 0.507 e. The van der Waals surface area contributed by atoms with Gasteiger partial charge < -0.3 is 10.4 Å². The van der Waals surface area contributed by atoms with Crippen LogP contribution in [-0.4, -0.2) is 42.4 Å². The van der Waals surface area contributed by atoms with Crippen molar-refractivity contribution >= 4 is 11.8 Å². The molecule has 1 aromatic rings. The van der Waals surface area contributed by atoms with Crippen molar-refractivity contribution in [3.63, 3.8) is 0 Å². The third kappa shape index (κ3) is 2.70. The molecule has 0 radical (unpaired) electrons. The molecule has 1 fully saturated rings. The molecule has 0 atom stereocenters. The zero-order valence-corrected chi connectivity index (χ0v) is 10.4. The van der Waals surface area contributed by atoms with E-state index >= 15 is 0 Å². The lowest BCUT2D eigenvalue weighted by Gasteiger charge is -2.27.